The lowest BCUT2D eigenvalue weighted by molar-refractivity contribution is -0.143. The second-order valence-electron chi connectivity index (χ2n) is 12.3. The number of fused-ring (bicyclic) bond motifs is 2. The molecule has 17 nitrogen and oxygen atoms in total. The molecular weight excluding hydrogens is 670 g/mol. The number of carbonyl (C=O) groups excluding carboxylic acids is 1. The number of carboxylic acid groups (broad SMARTS) is 5. The van der Waals surface area contributed by atoms with Gasteiger partial charge in [-0.05, 0) is 55.1 Å². The third kappa shape index (κ3) is 12.9. The average Bonchev–Trinajstić information content (AvgIpc) is 3.92. The number of para-hydroxylation sites is 1. The molecule has 5 atom stereocenters. The van der Waals surface area contributed by atoms with Crippen molar-refractivity contribution in [3.05, 3.63) is 65.2 Å². The Bertz CT molecular complexity index is 1490. The Labute approximate surface area is 293 Å². The first-order chi connectivity index (χ1) is 24.3. The maximum absolute atomic E-state index is 10.7. The first kappa shape index (κ1) is 40.3. The van der Waals surface area contributed by atoms with Crippen molar-refractivity contribution in [2.24, 2.45) is 5.92 Å². The third-order valence-electron chi connectivity index (χ3n) is 8.57. The molecule has 0 aromatic heterocycles. The second-order valence-corrected chi connectivity index (χ2v) is 12.3. The fourth-order valence-electron chi connectivity index (χ4n) is 5.74. The van der Waals surface area contributed by atoms with Gasteiger partial charge in [-0.25, -0.2) is 9.59 Å². The molecule has 7 rings (SSSR count). The second kappa shape index (κ2) is 19.9. The van der Waals surface area contributed by atoms with Crippen molar-refractivity contribution in [1.82, 2.24) is 21.3 Å². The molecule has 5 heterocycles. The van der Waals surface area contributed by atoms with Crippen LogP contribution in [0.15, 0.2) is 48.5 Å². The molecule has 5 aliphatic rings. The molecule has 0 saturated carbocycles. The molecule has 0 spiro atoms. The highest BCUT2D eigenvalue weighted by molar-refractivity contribution is 5.87. The molecular formula is C34H45N5O12. The van der Waals surface area contributed by atoms with Crippen LogP contribution in [0.25, 0.3) is 0 Å². The summed E-state index contributed by atoms with van der Waals surface area (Å²) in [5, 5.41) is 65.5. The number of carbonyl (C=O) groups is 6. The summed E-state index contributed by atoms with van der Waals surface area (Å²) in [6.45, 7) is 2.78. The zero-order valence-corrected chi connectivity index (χ0v) is 27.8. The number of aliphatic hydroxyl groups excluding tert-OH is 1. The standard InChI is InChI=1S/2C9H9NO2.C6H11NO2.C5H9NO3.C5H7NO3/c11-9(12)8-7-4-2-1-3-6(7)5-10-8;11-9(12)8-5-6-3-1-2-4-7(6)10-8;8-6(9)5-1-3-7-4-2-5;7-3-1-4(5(8)9)6-2-3;7-4-2-1-3(6-4)5(8)9/h2*1-4,8,10H,5H2,(H,11,12);5,7H,1-4H2,(H,8,9);3-4,6-7H,1-2H2,(H,8,9);3H,1-2H2,(H,6,7)(H,8,9)/t;;;;3-/m....0/s1. The summed E-state index contributed by atoms with van der Waals surface area (Å²) in [6.07, 6.45) is 2.78. The molecule has 0 bridgehead atoms. The van der Waals surface area contributed by atoms with E-state index in [-0.39, 0.29) is 11.8 Å². The van der Waals surface area contributed by atoms with Crippen molar-refractivity contribution in [2.45, 2.75) is 75.3 Å². The number of amides is 1. The average molecular weight is 716 g/mol. The Kier molecular flexibility index (Phi) is 15.8. The van der Waals surface area contributed by atoms with Crippen LogP contribution < -0.4 is 26.6 Å². The van der Waals surface area contributed by atoms with Crippen LogP contribution in [0.3, 0.4) is 0 Å². The molecule has 11 N–H and O–H groups in total. The van der Waals surface area contributed by atoms with Gasteiger partial charge < -0.3 is 51.9 Å². The Morgan fingerprint density at radius 2 is 1.25 bits per heavy atom. The summed E-state index contributed by atoms with van der Waals surface area (Å²) in [5.74, 6) is -4.32. The number of anilines is 1. The van der Waals surface area contributed by atoms with Crippen LogP contribution in [-0.2, 0) is 41.7 Å². The van der Waals surface area contributed by atoms with Crippen LogP contribution in [0.2, 0.25) is 0 Å². The molecule has 278 valence electrons. The predicted molar refractivity (Wildman–Crippen MR) is 181 cm³/mol. The monoisotopic (exact) mass is 715 g/mol. The predicted octanol–water partition coefficient (Wildman–Crippen LogP) is 0.237. The molecule has 5 aliphatic heterocycles. The fraction of sp³-hybridized carbons (Fsp3) is 0.471. The number of carboxylic acids is 5. The van der Waals surface area contributed by atoms with Crippen molar-refractivity contribution in [3.63, 3.8) is 0 Å². The Morgan fingerprint density at radius 1 is 0.647 bits per heavy atom. The van der Waals surface area contributed by atoms with Crippen molar-refractivity contribution in [3.8, 4) is 0 Å². The molecule has 51 heavy (non-hydrogen) atoms. The number of aliphatic carboxylic acids is 5. The van der Waals surface area contributed by atoms with Gasteiger partial charge in [-0.1, -0.05) is 42.5 Å². The zero-order valence-electron chi connectivity index (χ0n) is 27.8. The summed E-state index contributed by atoms with van der Waals surface area (Å²) < 4.78 is 0. The molecule has 4 unspecified atom stereocenters. The number of piperidine rings is 1. The van der Waals surface area contributed by atoms with Gasteiger partial charge in [0.05, 0.1) is 12.0 Å². The SMILES string of the molecule is O=C(O)C1CC(O)CN1.O=C(O)C1CCNCC1.O=C(O)C1Cc2ccccc2N1.O=C(O)C1NCc2ccccc21.O=C1CC[C@@H](C(=O)O)N1. The minimum absolute atomic E-state index is 0.0914. The van der Waals surface area contributed by atoms with Gasteiger partial charge in [-0.3, -0.25) is 24.5 Å². The number of rotatable bonds is 5. The van der Waals surface area contributed by atoms with Crippen LogP contribution in [0.4, 0.5) is 5.69 Å². The number of benzene rings is 2. The van der Waals surface area contributed by atoms with E-state index in [0.29, 0.717) is 38.8 Å². The van der Waals surface area contributed by atoms with E-state index < -0.39 is 60.1 Å². The topological polar surface area (TPSA) is 284 Å². The number of aliphatic hydroxyl groups is 1. The van der Waals surface area contributed by atoms with E-state index in [4.69, 9.17) is 30.6 Å². The van der Waals surface area contributed by atoms with E-state index in [1.54, 1.807) is 0 Å². The number of hydrogen-bond acceptors (Lipinski definition) is 11. The quantitative estimate of drug-likeness (QED) is 0.198. The van der Waals surface area contributed by atoms with E-state index in [1.807, 2.05) is 48.5 Å². The maximum Gasteiger partial charge on any atom is 0.326 e. The molecule has 0 aliphatic carbocycles. The minimum atomic E-state index is -0.944. The van der Waals surface area contributed by atoms with Crippen LogP contribution >= 0.6 is 0 Å². The van der Waals surface area contributed by atoms with Gasteiger partial charge >= 0.3 is 29.8 Å². The lowest BCUT2D eigenvalue weighted by atomic mass is 9.99. The minimum Gasteiger partial charge on any atom is -0.481 e. The van der Waals surface area contributed by atoms with Crippen LogP contribution in [0.1, 0.15) is 54.8 Å². The molecule has 3 saturated heterocycles. The van der Waals surface area contributed by atoms with E-state index in [2.05, 4.69) is 26.6 Å². The Balaban J connectivity index is 0.000000174. The summed E-state index contributed by atoms with van der Waals surface area (Å²) in [4.78, 5) is 62.3. The van der Waals surface area contributed by atoms with Gasteiger partial charge in [0.15, 0.2) is 0 Å². The van der Waals surface area contributed by atoms with Crippen molar-refractivity contribution >= 4 is 41.4 Å². The molecule has 1 amide bonds. The highest BCUT2D eigenvalue weighted by Gasteiger charge is 2.29. The highest BCUT2D eigenvalue weighted by Crippen LogP contribution is 2.25. The van der Waals surface area contributed by atoms with E-state index >= 15 is 0 Å². The van der Waals surface area contributed by atoms with Gasteiger partial charge in [-0.15, -0.1) is 0 Å². The molecule has 2 aromatic rings. The zero-order chi connectivity index (χ0) is 37.5. The van der Waals surface area contributed by atoms with Crippen molar-refractivity contribution < 1.29 is 59.4 Å². The fourth-order valence-corrected chi connectivity index (χ4v) is 5.74. The summed E-state index contributed by atoms with van der Waals surface area (Å²) in [6, 6.07) is 13.1. The molecule has 17 heteroatoms. The van der Waals surface area contributed by atoms with Gasteiger partial charge in [0.1, 0.15) is 24.2 Å². The molecule has 3 fully saturated rings. The van der Waals surface area contributed by atoms with Crippen LogP contribution in [-0.4, -0.2) is 110 Å². The third-order valence-corrected chi connectivity index (χ3v) is 8.57. The van der Waals surface area contributed by atoms with Gasteiger partial charge in [0, 0.05) is 38.0 Å². The van der Waals surface area contributed by atoms with Crippen molar-refractivity contribution in [2.75, 3.05) is 25.0 Å². The van der Waals surface area contributed by atoms with E-state index in [1.165, 1.54) is 0 Å². The smallest absolute Gasteiger partial charge is 0.326 e. The summed E-state index contributed by atoms with van der Waals surface area (Å²) in [7, 11) is 0. The number of β-amino-alcohol motifs (C(OH)–C–C–N with tert-alkyl or cyclic N) is 1. The van der Waals surface area contributed by atoms with Gasteiger partial charge in [-0.2, -0.15) is 0 Å². The van der Waals surface area contributed by atoms with Crippen molar-refractivity contribution in [1.29, 1.82) is 0 Å². The first-order valence-electron chi connectivity index (χ1n) is 16.5. The van der Waals surface area contributed by atoms with Crippen LogP contribution in [0.5, 0.6) is 0 Å². The molecule has 2 aromatic carbocycles. The lowest BCUT2D eigenvalue weighted by Crippen LogP contribution is -2.32. The number of nitrogens with one attached hydrogen (secondary N) is 5. The summed E-state index contributed by atoms with van der Waals surface area (Å²) in [5.41, 5.74) is 4.02. The normalized spacial score (nSPS) is 24.0. The van der Waals surface area contributed by atoms with Gasteiger partial charge in [0.25, 0.3) is 0 Å². The number of hydrogen-bond donors (Lipinski definition) is 11. The van der Waals surface area contributed by atoms with Gasteiger partial charge in [0.2, 0.25) is 5.91 Å². The first-order valence-corrected chi connectivity index (χ1v) is 16.5. The highest BCUT2D eigenvalue weighted by atomic mass is 16.4. The van der Waals surface area contributed by atoms with Crippen LogP contribution in [0, 0.1) is 5.92 Å². The largest absolute Gasteiger partial charge is 0.481 e. The summed E-state index contributed by atoms with van der Waals surface area (Å²) >= 11 is 0. The maximum atomic E-state index is 10.7. The van der Waals surface area contributed by atoms with E-state index in [0.717, 1.165) is 48.3 Å². The lowest BCUT2D eigenvalue weighted by Gasteiger charge is -2.17. The van der Waals surface area contributed by atoms with E-state index in [9.17, 15) is 28.8 Å². The Hall–Kier alpha value is -5.10. The Morgan fingerprint density at radius 3 is 1.71 bits per heavy atom. The molecule has 0 radical (unpaired) electrons.